The summed E-state index contributed by atoms with van der Waals surface area (Å²) < 4.78 is 0. The minimum atomic E-state index is -0.704. The first kappa shape index (κ1) is 20.0. The van der Waals surface area contributed by atoms with Crippen LogP contribution >= 0.6 is 0 Å². The highest BCUT2D eigenvalue weighted by Crippen LogP contribution is 2.32. The molecule has 7 nitrogen and oxygen atoms in total. The van der Waals surface area contributed by atoms with Gasteiger partial charge in [-0.15, -0.1) is 0 Å². The molecule has 0 radical (unpaired) electrons. The highest BCUT2D eigenvalue weighted by Gasteiger charge is 2.21. The fourth-order valence-corrected chi connectivity index (χ4v) is 3.13. The summed E-state index contributed by atoms with van der Waals surface area (Å²) in [5.74, 6) is -1.24. The average Bonchev–Trinajstić information content (AvgIpc) is 3.19. The zero-order chi connectivity index (χ0) is 21.1. The van der Waals surface area contributed by atoms with Gasteiger partial charge in [-0.1, -0.05) is 24.3 Å². The predicted molar refractivity (Wildman–Crippen MR) is 114 cm³/mol. The van der Waals surface area contributed by atoms with Crippen molar-refractivity contribution >= 4 is 34.5 Å². The molecule has 7 heteroatoms. The molecule has 1 unspecified atom stereocenters. The summed E-state index contributed by atoms with van der Waals surface area (Å²) in [6, 6.07) is 11.0. The summed E-state index contributed by atoms with van der Waals surface area (Å²) in [5, 5.41) is 7.90. The van der Waals surface area contributed by atoms with Gasteiger partial charge in [0.15, 0.2) is 0 Å². The molecule has 0 spiro atoms. The number of H-pyrrole nitrogens is 1. The molecule has 1 heterocycles. The van der Waals surface area contributed by atoms with Crippen LogP contribution in [-0.2, 0) is 4.79 Å². The summed E-state index contributed by atoms with van der Waals surface area (Å²) in [5.41, 5.74) is 17.2. The van der Waals surface area contributed by atoms with Crippen molar-refractivity contribution in [2.75, 3.05) is 0 Å². The van der Waals surface area contributed by atoms with E-state index in [1.807, 2.05) is 32.0 Å². The van der Waals surface area contributed by atoms with Crippen LogP contribution in [0.15, 0.2) is 53.3 Å². The van der Waals surface area contributed by atoms with Crippen molar-refractivity contribution < 1.29 is 9.59 Å². The number of aliphatic imine (C=N–C) groups is 1. The second-order valence-corrected chi connectivity index (χ2v) is 6.96. The molecule has 1 atom stereocenters. The Bertz CT molecular complexity index is 1160. The Morgan fingerprint density at radius 2 is 2.00 bits per heavy atom. The summed E-state index contributed by atoms with van der Waals surface area (Å²) in [6.45, 7) is 5.43. The Balaban J connectivity index is 2.28. The first-order chi connectivity index (χ1) is 13.8. The number of nitrogens with one attached hydrogen (secondary N) is 1. The number of benzene rings is 2. The summed E-state index contributed by atoms with van der Waals surface area (Å²) >= 11 is 0. The number of aldehydes is 1. The molecular weight excluding hydrogens is 366 g/mol. The van der Waals surface area contributed by atoms with Crippen LogP contribution in [0.2, 0.25) is 0 Å². The van der Waals surface area contributed by atoms with Crippen LogP contribution in [0.5, 0.6) is 0 Å². The van der Waals surface area contributed by atoms with Gasteiger partial charge in [0.2, 0.25) is 5.91 Å². The monoisotopic (exact) mass is 389 g/mol. The lowest BCUT2D eigenvalue weighted by atomic mass is 9.96. The van der Waals surface area contributed by atoms with Crippen LogP contribution in [0, 0.1) is 12.8 Å². The molecule has 0 aliphatic carbocycles. The van der Waals surface area contributed by atoms with Crippen molar-refractivity contribution in [1.29, 1.82) is 0 Å². The fraction of sp³-hybridized carbons (Fsp3) is 0.182. The Morgan fingerprint density at radius 3 is 2.69 bits per heavy atom. The lowest BCUT2D eigenvalue weighted by molar-refractivity contribution is -0.120. The van der Waals surface area contributed by atoms with E-state index in [9.17, 15) is 9.59 Å². The van der Waals surface area contributed by atoms with E-state index < -0.39 is 11.8 Å². The quantitative estimate of drug-likeness (QED) is 0.442. The molecule has 0 fully saturated rings. The number of aryl methyl sites for hydroxylation is 1. The van der Waals surface area contributed by atoms with Gasteiger partial charge in [-0.05, 0) is 44.0 Å². The highest BCUT2D eigenvalue weighted by molar-refractivity contribution is 6.05. The maximum atomic E-state index is 11.8. The van der Waals surface area contributed by atoms with Crippen molar-refractivity contribution in [3.63, 3.8) is 0 Å². The molecule has 0 saturated heterocycles. The predicted octanol–water partition coefficient (Wildman–Crippen LogP) is 2.94. The second-order valence-electron chi connectivity index (χ2n) is 6.96. The van der Waals surface area contributed by atoms with Gasteiger partial charge in [0, 0.05) is 27.9 Å². The van der Waals surface area contributed by atoms with Gasteiger partial charge >= 0.3 is 0 Å². The van der Waals surface area contributed by atoms with E-state index >= 15 is 0 Å². The maximum absolute atomic E-state index is 11.8. The van der Waals surface area contributed by atoms with Crippen LogP contribution < -0.4 is 11.5 Å². The lowest BCUT2D eigenvalue weighted by Gasteiger charge is -2.16. The van der Waals surface area contributed by atoms with Gasteiger partial charge in [0.25, 0.3) is 0 Å². The second kappa shape index (κ2) is 8.10. The number of nitrogens with zero attached hydrogens (tertiary/aromatic N) is 2. The number of carbonyl (C=O) groups excluding carboxylic acids is 2. The van der Waals surface area contributed by atoms with Crippen LogP contribution in [0.4, 0.5) is 0 Å². The van der Waals surface area contributed by atoms with E-state index in [1.165, 1.54) is 0 Å². The topological polar surface area (TPSA) is 127 Å². The van der Waals surface area contributed by atoms with Crippen LogP contribution in [0.3, 0.4) is 0 Å². The highest BCUT2D eigenvalue weighted by atomic mass is 16.1. The lowest BCUT2D eigenvalue weighted by Crippen LogP contribution is -2.26. The molecule has 0 saturated carbocycles. The van der Waals surface area contributed by atoms with Gasteiger partial charge in [0.1, 0.15) is 6.29 Å². The van der Waals surface area contributed by atoms with Crippen LogP contribution in [0.1, 0.15) is 40.9 Å². The van der Waals surface area contributed by atoms with Gasteiger partial charge in [-0.3, -0.25) is 19.7 Å². The van der Waals surface area contributed by atoms with E-state index in [1.54, 1.807) is 31.3 Å². The van der Waals surface area contributed by atoms with Crippen molar-refractivity contribution in [3.05, 3.63) is 70.5 Å². The zero-order valence-electron chi connectivity index (χ0n) is 16.6. The number of hydrogen-bond acceptors (Lipinski definition) is 5. The Kier molecular flexibility index (Phi) is 5.59. The Morgan fingerprint density at radius 1 is 1.24 bits per heavy atom. The summed E-state index contributed by atoms with van der Waals surface area (Å²) in [4.78, 5) is 27.7. The normalized spacial score (nSPS) is 13.8. The zero-order valence-corrected chi connectivity index (χ0v) is 16.6. The van der Waals surface area contributed by atoms with Crippen molar-refractivity contribution in [3.8, 4) is 0 Å². The average molecular weight is 389 g/mol. The minimum absolute atomic E-state index is 0.278. The molecule has 0 aliphatic rings. The smallest absolute Gasteiger partial charge is 0.226 e. The molecule has 5 N–H and O–H groups in total. The third-order valence-electron chi connectivity index (χ3n) is 4.96. The molecule has 148 valence electrons. The largest absolute Gasteiger partial charge is 0.400 e. The van der Waals surface area contributed by atoms with Gasteiger partial charge < -0.3 is 11.5 Å². The number of primary amides is 1. The van der Waals surface area contributed by atoms with Crippen LogP contribution in [-0.4, -0.2) is 28.1 Å². The summed E-state index contributed by atoms with van der Waals surface area (Å²) in [7, 11) is 0. The number of carbonyl (C=O) groups is 2. The van der Waals surface area contributed by atoms with Gasteiger partial charge in [-0.2, -0.15) is 5.10 Å². The SMILES string of the molecule is CC(=N/C(=C(/N)C(C)C(N)=O)c1c(C)ccc2[nH]ncc12)c1cccc(C=O)c1. The molecular formula is C22H23N5O2. The van der Waals surface area contributed by atoms with Crippen molar-refractivity contribution in [1.82, 2.24) is 10.2 Å². The molecule has 3 aromatic rings. The molecule has 3 rings (SSSR count). The number of nitrogens with two attached hydrogens (primary N) is 2. The standard InChI is InChI=1S/C22H23N5O2/c1-12-7-8-18-17(10-25-27-18)19(12)21(20(23)13(2)22(24)29)26-14(3)16-6-4-5-15(9-16)11-28/h4-11,13H,23H2,1-3H3,(H2,24,29)(H,25,27)/b21-20+,26-14?. The number of aromatic nitrogens is 2. The molecule has 1 aromatic heterocycles. The first-order valence-electron chi connectivity index (χ1n) is 9.16. The van der Waals surface area contributed by atoms with Crippen LogP contribution in [0.25, 0.3) is 16.6 Å². The van der Waals surface area contributed by atoms with E-state index in [-0.39, 0.29) is 5.70 Å². The molecule has 2 aromatic carbocycles. The maximum Gasteiger partial charge on any atom is 0.226 e. The number of amides is 1. The first-order valence-corrected chi connectivity index (χ1v) is 9.16. The summed E-state index contributed by atoms with van der Waals surface area (Å²) in [6.07, 6.45) is 2.49. The molecule has 1 amide bonds. The van der Waals surface area contributed by atoms with Crippen molar-refractivity contribution in [2.24, 2.45) is 22.4 Å². The molecule has 29 heavy (non-hydrogen) atoms. The van der Waals surface area contributed by atoms with E-state index in [4.69, 9.17) is 16.5 Å². The number of rotatable bonds is 6. The van der Waals surface area contributed by atoms with E-state index in [2.05, 4.69) is 10.2 Å². The third-order valence-corrected chi connectivity index (χ3v) is 4.96. The number of hydrogen-bond donors (Lipinski definition) is 3. The van der Waals surface area contributed by atoms with Crippen molar-refractivity contribution in [2.45, 2.75) is 20.8 Å². The minimum Gasteiger partial charge on any atom is -0.400 e. The third kappa shape index (κ3) is 3.94. The fourth-order valence-electron chi connectivity index (χ4n) is 3.13. The Labute approximate surface area is 168 Å². The van der Waals surface area contributed by atoms with E-state index in [0.717, 1.165) is 33.9 Å². The Hall–Kier alpha value is -3.74. The molecule has 0 bridgehead atoms. The molecule has 0 aliphatic heterocycles. The van der Waals surface area contributed by atoms with Gasteiger partial charge in [-0.25, -0.2) is 0 Å². The number of fused-ring (bicyclic) bond motifs is 1. The van der Waals surface area contributed by atoms with Gasteiger partial charge in [0.05, 0.1) is 23.3 Å². The van der Waals surface area contributed by atoms with E-state index in [0.29, 0.717) is 17.0 Å². The number of aromatic amines is 1.